The summed E-state index contributed by atoms with van der Waals surface area (Å²) in [7, 11) is 1.99. The summed E-state index contributed by atoms with van der Waals surface area (Å²) in [5.41, 5.74) is -0.202. The molecule has 1 aliphatic rings. The van der Waals surface area contributed by atoms with Crippen molar-refractivity contribution in [3.63, 3.8) is 0 Å². The summed E-state index contributed by atoms with van der Waals surface area (Å²) in [5, 5.41) is 12.5. The van der Waals surface area contributed by atoms with Crippen molar-refractivity contribution in [1.82, 2.24) is 20.1 Å². The normalized spacial score (nSPS) is 20.3. The predicted molar refractivity (Wildman–Crippen MR) is 96.0 cm³/mol. The number of carbonyl (C=O) groups is 1. The van der Waals surface area contributed by atoms with Crippen molar-refractivity contribution in [3.05, 3.63) is 5.82 Å². The van der Waals surface area contributed by atoms with E-state index in [4.69, 9.17) is 4.74 Å². The Morgan fingerprint density at radius 1 is 1.46 bits per heavy atom. The maximum atomic E-state index is 12.3. The summed E-state index contributed by atoms with van der Waals surface area (Å²) in [6, 6.07) is 0. The molecule has 1 saturated heterocycles. The van der Waals surface area contributed by atoms with Crippen LogP contribution < -0.4 is 5.32 Å². The molecule has 1 fully saturated rings. The molecule has 24 heavy (non-hydrogen) atoms. The van der Waals surface area contributed by atoms with Crippen molar-refractivity contribution >= 4 is 17.7 Å². The van der Waals surface area contributed by atoms with Gasteiger partial charge in [-0.25, -0.2) is 0 Å². The first kappa shape index (κ1) is 19.2. The standard InChI is InChI=1S/C17H30N4O2S/c1-12(2)11-24-16-20-19-14(21(16)5)6-8-18-15(22)13-7-9-23-17(3,4)10-13/h12-13H,6-11H2,1-5H3,(H,18,22). The third-order valence-corrected chi connectivity index (χ3v) is 5.63. The summed E-state index contributed by atoms with van der Waals surface area (Å²) < 4.78 is 7.70. The van der Waals surface area contributed by atoms with Gasteiger partial charge in [0.25, 0.3) is 0 Å². The molecule has 6 nitrogen and oxygen atoms in total. The molecule has 7 heteroatoms. The number of aromatic nitrogens is 3. The molecule has 0 spiro atoms. The van der Waals surface area contributed by atoms with Gasteiger partial charge in [0.15, 0.2) is 5.16 Å². The summed E-state index contributed by atoms with van der Waals surface area (Å²) in [6.45, 7) is 9.72. The van der Waals surface area contributed by atoms with Gasteiger partial charge in [0, 0.05) is 38.3 Å². The third-order valence-electron chi connectivity index (χ3n) is 4.19. The minimum absolute atomic E-state index is 0.0467. The summed E-state index contributed by atoms with van der Waals surface area (Å²) in [4.78, 5) is 12.3. The Bertz CT molecular complexity index is 557. The number of rotatable bonds is 7. The van der Waals surface area contributed by atoms with Gasteiger partial charge in [0.05, 0.1) is 5.60 Å². The molecule has 0 saturated carbocycles. The second kappa shape index (κ2) is 8.34. The molecule has 0 bridgehead atoms. The highest BCUT2D eigenvalue weighted by molar-refractivity contribution is 7.99. The molecule has 1 unspecified atom stereocenters. The second-order valence-electron chi connectivity index (χ2n) is 7.50. The van der Waals surface area contributed by atoms with Crippen LogP contribution in [0.25, 0.3) is 0 Å². The summed E-state index contributed by atoms with van der Waals surface area (Å²) >= 11 is 1.73. The van der Waals surface area contributed by atoms with Crippen molar-refractivity contribution in [2.24, 2.45) is 18.9 Å². The highest BCUT2D eigenvalue weighted by Crippen LogP contribution is 2.28. The first-order chi connectivity index (χ1) is 11.3. The van der Waals surface area contributed by atoms with Crippen molar-refractivity contribution in [1.29, 1.82) is 0 Å². The minimum atomic E-state index is -0.202. The Labute approximate surface area is 149 Å². The lowest BCUT2D eigenvalue weighted by atomic mass is 9.88. The summed E-state index contributed by atoms with van der Waals surface area (Å²) in [6.07, 6.45) is 2.28. The van der Waals surface area contributed by atoms with Gasteiger partial charge >= 0.3 is 0 Å². The quantitative estimate of drug-likeness (QED) is 0.762. The molecular formula is C17H30N4O2S. The Hall–Kier alpha value is -1.08. The molecule has 0 aliphatic carbocycles. The number of amides is 1. The van der Waals surface area contributed by atoms with Crippen LogP contribution in [0, 0.1) is 11.8 Å². The predicted octanol–water partition coefficient (Wildman–Crippen LogP) is 2.43. The lowest BCUT2D eigenvalue weighted by Gasteiger charge is -2.34. The molecular weight excluding hydrogens is 324 g/mol. The Balaban J connectivity index is 1.78. The molecule has 2 rings (SSSR count). The maximum Gasteiger partial charge on any atom is 0.223 e. The van der Waals surface area contributed by atoms with E-state index in [2.05, 4.69) is 29.4 Å². The van der Waals surface area contributed by atoms with Gasteiger partial charge in [0.2, 0.25) is 5.91 Å². The van der Waals surface area contributed by atoms with Gasteiger partial charge < -0.3 is 14.6 Å². The Morgan fingerprint density at radius 2 is 2.21 bits per heavy atom. The smallest absolute Gasteiger partial charge is 0.223 e. The van der Waals surface area contributed by atoms with E-state index in [1.807, 2.05) is 25.5 Å². The van der Waals surface area contributed by atoms with Crippen LogP contribution in [0.2, 0.25) is 0 Å². The van der Waals surface area contributed by atoms with Gasteiger partial charge in [-0.1, -0.05) is 25.6 Å². The van der Waals surface area contributed by atoms with Crippen LogP contribution in [0.3, 0.4) is 0 Å². The first-order valence-electron chi connectivity index (χ1n) is 8.71. The first-order valence-corrected chi connectivity index (χ1v) is 9.70. The van der Waals surface area contributed by atoms with Crippen LogP contribution in [-0.2, 0) is 23.0 Å². The SMILES string of the molecule is CC(C)CSc1nnc(CCNC(=O)C2CCOC(C)(C)C2)n1C. The second-order valence-corrected chi connectivity index (χ2v) is 8.49. The van der Waals surface area contributed by atoms with E-state index < -0.39 is 0 Å². The van der Waals surface area contributed by atoms with Crippen LogP contribution in [0.1, 0.15) is 46.4 Å². The largest absolute Gasteiger partial charge is 0.376 e. The highest BCUT2D eigenvalue weighted by atomic mass is 32.2. The van der Waals surface area contributed by atoms with E-state index in [9.17, 15) is 4.79 Å². The molecule has 0 aromatic carbocycles. The zero-order valence-electron chi connectivity index (χ0n) is 15.5. The van der Waals surface area contributed by atoms with E-state index in [-0.39, 0.29) is 17.4 Å². The van der Waals surface area contributed by atoms with Gasteiger partial charge in [-0.15, -0.1) is 10.2 Å². The van der Waals surface area contributed by atoms with Crippen LogP contribution in [0.4, 0.5) is 0 Å². The average molecular weight is 355 g/mol. The van der Waals surface area contributed by atoms with Crippen molar-refractivity contribution < 1.29 is 9.53 Å². The number of ether oxygens (including phenoxy) is 1. The van der Waals surface area contributed by atoms with Gasteiger partial charge in [-0.05, 0) is 32.6 Å². The van der Waals surface area contributed by atoms with E-state index in [0.29, 0.717) is 25.5 Å². The van der Waals surface area contributed by atoms with Crippen LogP contribution in [-0.4, -0.2) is 45.2 Å². The van der Waals surface area contributed by atoms with E-state index >= 15 is 0 Å². The van der Waals surface area contributed by atoms with Crippen molar-refractivity contribution in [2.75, 3.05) is 18.9 Å². The number of hydrogen-bond acceptors (Lipinski definition) is 5. The zero-order valence-corrected chi connectivity index (χ0v) is 16.3. The van der Waals surface area contributed by atoms with Crippen molar-refractivity contribution in [3.8, 4) is 0 Å². The molecule has 136 valence electrons. The van der Waals surface area contributed by atoms with Crippen LogP contribution in [0.5, 0.6) is 0 Å². The molecule has 1 atom stereocenters. The molecule has 1 aromatic heterocycles. The molecule has 2 heterocycles. The van der Waals surface area contributed by atoms with Crippen LogP contribution >= 0.6 is 11.8 Å². The molecule has 1 aromatic rings. The third kappa shape index (κ3) is 5.48. The summed E-state index contributed by atoms with van der Waals surface area (Å²) in [5.74, 6) is 2.74. The monoisotopic (exact) mass is 354 g/mol. The Morgan fingerprint density at radius 3 is 2.88 bits per heavy atom. The van der Waals surface area contributed by atoms with E-state index in [1.165, 1.54) is 0 Å². The van der Waals surface area contributed by atoms with Gasteiger partial charge in [-0.3, -0.25) is 4.79 Å². The number of nitrogens with zero attached hydrogens (tertiary/aromatic N) is 3. The maximum absolute atomic E-state index is 12.3. The number of nitrogens with one attached hydrogen (secondary N) is 1. The Kier molecular flexibility index (Phi) is 6.69. The topological polar surface area (TPSA) is 69.0 Å². The highest BCUT2D eigenvalue weighted by Gasteiger charge is 2.32. The van der Waals surface area contributed by atoms with Crippen LogP contribution in [0.15, 0.2) is 5.16 Å². The number of carbonyl (C=O) groups excluding carboxylic acids is 1. The minimum Gasteiger partial charge on any atom is -0.376 e. The average Bonchev–Trinajstić information content (AvgIpc) is 2.84. The van der Waals surface area contributed by atoms with Gasteiger partial charge in [-0.2, -0.15) is 0 Å². The van der Waals surface area contributed by atoms with E-state index in [0.717, 1.165) is 29.6 Å². The zero-order chi connectivity index (χ0) is 17.7. The lowest BCUT2D eigenvalue weighted by molar-refractivity contribution is -0.135. The lowest BCUT2D eigenvalue weighted by Crippen LogP contribution is -2.42. The van der Waals surface area contributed by atoms with Crippen molar-refractivity contribution in [2.45, 2.75) is 57.7 Å². The molecule has 1 aliphatic heterocycles. The fourth-order valence-electron chi connectivity index (χ4n) is 2.83. The van der Waals surface area contributed by atoms with E-state index in [1.54, 1.807) is 11.8 Å². The number of hydrogen-bond donors (Lipinski definition) is 1. The fraction of sp³-hybridized carbons (Fsp3) is 0.824. The molecule has 1 N–H and O–H groups in total. The molecule has 0 radical (unpaired) electrons. The molecule has 1 amide bonds. The number of thioether (sulfide) groups is 1. The van der Waals surface area contributed by atoms with Gasteiger partial charge in [0.1, 0.15) is 5.82 Å². The fourth-order valence-corrected chi connectivity index (χ4v) is 3.71.